The SMILES string of the molecule is C#CCNC(=O)COC(C)(C)CCOC(C)(C)CC(=O)NCC#C. The third-order valence-electron chi connectivity index (χ3n) is 3.15. The highest BCUT2D eigenvalue weighted by molar-refractivity contribution is 5.77. The van der Waals surface area contributed by atoms with Gasteiger partial charge in [-0.05, 0) is 34.1 Å². The molecule has 0 aromatic heterocycles. The van der Waals surface area contributed by atoms with Crippen molar-refractivity contribution in [2.75, 3.05) is 26.3 Å². The van der Waals surface area contributed by atoms with Crippen LogP contribution >= 0.6 is 0 Å². The Hall–Kier alpha value is -2.02. The molecule has 0 saturated carbocycles. The zero-order valence-electron chi connectivity index (χ0n) is 15.0. The van der Waals surface area contributed by atoms with Crippen LogP contribution < -0.4 is 10.6 Å². The second-order valence-electron chi connectivity index (χ2n) is 6.55. The molecule has 0 spiro atoms. The monoisotopic (exact) mass is 336 g/mol. The smallest absolute Gasteiger partial charge is 0.246 e. The molecule has 0 aliphatic carbocycles. The minimum absolute atomic E-state index is 0.0629. The number of ether oxygens (including phenoxy) is 2. The van der Waals surface area contributed by atoms with Gasteiger partial charge < -0.3 is 20.1 Å². The number of carbonyl (C=O) groups is 2. The summed E-state index contributed by atoms with van der Waals surface area (Å²) < 4.78 is 11.3. The van der Waals surface area contributed by atoms with E-state index in [1.165, 1.54) is 0 Å². The molecule has 0 aliphatic rings. The first kappa shape index (κ1) is 22.0. The summed E-state index contributed by atoms with van der Waals surface area (Å²) in [6, 6.07) is 0. The molecule has 0 radical (unpaired) electrons. The highest BCUT2D eigenvalue weighted by atomic mass is 16.5. The Balaban J connectivity index is 4.13. The Morgan fingerprint density at radius 2 is 1.46 bits per heavy atom. The number of amides is 2. The summed E-state index contributed by atoms with van der Waals surface area (Å²) in [6.45, 7) is 8.14. The van der Waals surface area contributed by atoms with Crippen LogP contribution in [0.4, 0.5) is 0 Å². The standard InChI is InChI=1S/C18H28N2O4/c1-7-10-19-15(21)13-18(5,6)23-12-9-17(3,4)24-14-16(22)20-11-8-2/h1-2H,9-14H2,3-6H3,(H,19,21)(H,20,22). The van der Waals surface area contributed by atoms with Crippen molar-refractivity contribution in [3.05, 3.63) is 0 Å². The third kappa shape index (κ3) is 11.5. The van der Waals surface area contributed by atoms with Crippen molar-refractivity contribution in [1.29, 1.82) is 0 Å². The first-order valence-corrected chi connectivity index (χ1v) is 7.80. The number of hydrogen-bond donors (Lipinski definition) is 2. The van der Waals surface area contributed by atoms with Gasteiger partial charge in [0.05, 0.1) is 37.3 Å². The average Bonchev–Trinajstić information content (AvgIpc) is 2.48. The highest BCUT2D eigenvalue weighted by Crippen LogP contribution is 2.19. The maximum Gasteiger partial charge on any atom is 0.246 e. The van der Waals surface area contributed by atoms with Crippen LogP contribution in [0, 0.1) is 24.7 Å². The van der Waals surface area contributed by atoms with Gasteiger partial charge in [-0.2, -0.15) is 0 Å². The van der Waals surface area contributed by atoms with Gasteiger partial charge in [-0.15, -0.1) is 12.8 Å². The summed E-state index contributed by atoms with van der Waals surface area (Å²) in [5.74, 6) is 4.26. The molecule has 0 saturated heterocycles. The molecule has 0 atom stereocenters. The van der Waals surface area contributed by atoms with Gasteiger partial charge in [-0.1, -0.05) is 11.8 Å². The Morgan fingerprint density at radius 3 is 2.00 bits per heavy atom. The van der Waals surface area contributed by atoms with Crippen LogP contribution in [-0.2, 0) is 19.1 Å². The fraction of sp³-hybridized carbons (Fsp3) is 0.667. The molecule has 134 valence electrons. The Morgan fingerprint density at radius 1 is 0.917 bits per heavy atom. The molecule has 6 heteroatoms. The number of hydrogen-bond acceptors (Lipinski definition) is 4. The van der Waals surface area contributed by atoms with E-state index in [0.717, 1.165) is 0 Å². The van der Waals surface area contributed by atoms with Crippen molar-refractivity contribution in [2.24, 2.45) is 0 Å². The van der Waals surface area contributed by atoms with Crippen LogP contribution in [0.1, 0.15) is 40.5 Å². The van der Waals surface area contributed by atoms with Crippen molar-refractivity contribution in [3.8, 4) is 24.7 Å². The van der Waals surface area contributed by atoms with Gasteiger partial charge in [0, 0.05) is 0 Å². The van der Waals surface area contributed by atoms with Gasteiger partial charge in [-0.3, -0.25) is 9.59 Å². The fourth-order valence-electron chi connectivity index (χ4n) is 1.76. The van der Waals surface area contributed by atoms with Crippen LogP contribution in [0.25, 0.3) is 0 Å². The molecular weight excluding hydrogens is 308 g/mol. The van der Waals surface area contributed by atoms with E-state index in [1.807, 2.05) is 27.7 Å². The van der Waals surface area contributed by atoms with Gasteiger partial charge in [0.2, 0.25) is 11.8 Å². The van der Waals surface area contributed by atoms with Gasteiger partial charge in [0.1, 0.15) is 6.61 Å². The first-order chi connectivity index (χ1) is 11.1. The predicted molar refractivity (Wildman–Crippen MR) is 93.0 cm³/mol. The Bertz CT molecular complexity index is 498. The number of rotatable bonds is 11. The Labute approximate surface area is 145 Å². The average molecular weight is 336 g/mol. The van der Waals surface area contributed by atoms with Gasteiger partial charge in [0.25, 0.3) is 0 Å². The van der Waals surface area contributed by atoms with E-state index in [4.69, 9.17) is 22.3 Å². The molecule has 0 aliphatic heterocycles. The molecule has 0 unspecified atom stereocenters. The second-order valence-corrected chi connectivity index (χ2v) is 6.55. The van der Waals surface area contributed by atoms with E-state index < -0.39 is 11.2 Å². The molecule has 2 N–H and O–H groups in total. The zero-order valence-corrected chi connectivity index (χ0v) is 15.0. The van der Waals surface area contributed by atoms with Crippen LogP contribution in [0.15, 0.2) is 0 Å². The lowest BCUT2D eigenvalue weighted by atomic mass is 10.0. The van der Waals surface area contributed by atoms with Crippen LogP contribution in [-0.4, -0.2) is 49.3 Å². The molecular formula is C18H28N2O4. The lowest BCUT2D eigenvalue weighted by Crippen LogP contribution is -2.37. The molecule has 0 bridgehead atoms. The zero-order chi connectivity index (χ0) is 18.6. The maximum atomic E-state index is 11.7. The molecule has 0 fully saturated rings. The van der Waals surface area contributed by atoms with Gasteiger partial charge in [0.15, 0.2) is 0 Å². The topological polar surface area (TPSA) is 76.7 Å². The molecule has 2 amide bonds. The number of terminal acetylenes is 2. The molecule has 0 aromatic rings. The van der Waals surface area contributed by atoms with Gasteiger partial charge in [-0.25, -0.2) is 0 Å². The van der Waals surface area contributed by atoms with Crippen molar-refractivity contribution in [2.45, 2.75) is 51.7 Å². The fourth-order valence-corrected chi connectivity index (χ4v) is 1.76. The van der Waals surface area contributed by atoms with E-state index in [-0.39, 0.29) is 37.9 Å². The summed E-state index contributed by atoms with van der Waals surface area (Å²) in [5, 5.41) is 5.14. The first-order valence-electron chi connectivity index (χ1n) is 7.80. The normalized spacial score (nSPS) is 11.2. The molecule has 0 aromatic carbocycles. The highest BCUT2D eigenvalue weighted by Gasteiger charge is 2.25. The maximum absolute atomic E-state index is 11.7. The van der Waals surface area contributed by atoms with Crippen LogP contribution in [0.5, 0.6) is 0 Å². The van der Waals surface area contributed by atoms with E-state index in [2.05, 4.69) is 22.5 Å². The minimum Gasteiger partial charge on any atom is -0.375 e. The molecule has 0 rings (SSSR count). The van der Waals surface area contributed by atoms with Crippen LogP contribution in [0.3, 0.4) is 0 Å². The van der Waals surface area contributed by atoms with Crippen molar-refractivity contribution in [1.82, 2.24) is 10.6 Å². The molecule has 6 nitrogen and oxygen atoms in total. The summed E-state index contributed by atoms with van der Waals surface area (Å²) in [7, 11) is 0. The predicted octanol–water partition coefficient (Wildman–Crippen LogP) is 0.856. The summed E-state index contributed by atoms with van der Waals surface area (Å²) >= 11 is 0. The quantitative estimate of drug-likeness (QED) is 0.549. The number of carbonyl (C=O) groups excluding carboxylic acids is 2. The van der Waals surface area contributed by atoms with Gasteiger partial charge >= 0.3 is 0 Å². The molecule has 24 heavy (non-hydrogen) atoms. The summed E-state index contributed by atoms with van der Waals surface area (Å²) in [6.07, 6.45) is 11.0. The summed E-state index contributed by atoms with van der Waals surface area (Å²) in [5.41, 5.74) is -1.14. The van der Waals surface area contributed by atoms with E-state index in [9.17, 15) is 9.59 Å². The van der Waals surface area contributed by atoms with Crippen LogP contribution in [0.2, 0.25) is 0 Å². The lowest BCUT2D eigenvalue weighted by Gasteiger charge is -2.29. The molecule has 0 heterocycles. The second kappa shape index (κ2) is 10.7. The van der Waals surface area contributed by atoms with E-state index in [1.54, 1.807) is 0 Å². The lowest BCUT2D eigenvalue weighted by molar-refractivity contribution is -0.135. The van der Waals surface area contributed by atoms with Crippen molar-refractivity contribution >= 4 is 11.8 Å². The largest absolute Gasteiger partial charge is 0.375 e. The van der Waals surface area contributed by atoms with Crippen molar-refractivity contribution < 1.29 is 19.1 Å². The summed E-state index contributed by atoms with van der Waals surface area (Å²) in [4.78, 5) is 23.1. The number of nitrogens with one attached hydrogen (secondary N) is 2. The van der Waals surface area contributed by atoms with Crippen molar-refractivity contribution in [3.63, 3.8) is 0 Å². The van der Waals surface area contributed by atoms with E-state index >= 15 is 0 Å². The Kier molecular flexibility index (Phi) is 9.80. The van der Waals surface area contributed by atoms with E-state index in [0.29, 0.717) is 13.0 Å². The minimum atomic E-state index is -0.612. The third-order valence-corrected chi connectivity index (χ3v) is 3.15.